The van der Waals surface area contributed by atoms with E-state index in [1.54, 1.807) is 17.4 Å². The van der Waals surface area contributed by atoms with Crippen LogP contribution in [0.2, 0.25) is 5.02 Å². The van der Waals surface area contributed by atoms with Gasteiger partial charge in [0.1, 0.15) is 5.82 Å². The average Bonchev–Trinajstić information content (AvgIpc) is 2.80. The third kappa shape index (κ3) is 3.76. The van der Waals surface area contributed by atoms with Crippen molar-refractivity contribution < 1.29 is 9.50 Å². The monoisotopic (exact) mass is 299 g/mol. The van der Waals surface area contributed by atoms with Gasteiger partial charge in [0.05, 0.1) is 17.7 Å². The zero-order chi connectivity index (χ0) is 13.8. The normalized spacial score (nSPS) is 12.6. The summed E-state index contributed by atoms with van der Waals surface area (Å²) in [7, 11) is 0. The van der Waals surface area contributed by atoms with Crippen molar-refractivity contribution in [3.05, 3.63) is 56.5 Å². The van der Waals surface area contributed by atoms with E-state index in [0.717, 1.165) is 0 Å². The van der Waals surface area contributed by atoms with Crippen LogP contribution in [0.25, 0.3) is 0 Å². The van der Waals surface area contributed by atoms with Crippen molar-refractivity contribution in [3.8, 4) is 0 Å². The van der Waals surface area contributed by atoms with E-state index in [1.165, 1.54) is 21.9 Å². The molecule has 0 bridgehead atoms. The Kier molecular flexibility index (Phi) is 4.93. The van der Waals surface area contributed by atoms with Gasteiger partial charge in [0.2, 0.25) is 0 Å². The predicted molar refractivity (Wildman–Crippen MR) is 77.1 cm³/mol. The van der Waals surface area contributed by atoms with Crippen molar-refractivity contribution >= 4 is 22.9 Å². The molecule has 19 heavy (non-hydrogen) atoms. The zero-order valence-corrected chi connectivity index (χ0v) is 12.1. The van der Waals surface area contributed by atoms with Gasteiger partial charge >= 0.3 is 0 Å². The standard InChI is InChI=1S/C14H15ClFNOS/c1-9-2-4-11(19-9)7-17-14(8-18)10-3-5-12(15)13(16)6-10/h2-6,14,17-18H,7-8H2,1H3. The van der Waals surface area contributed by atoms with Crippen molar-refractivity contribution in [3.63, 3.8) is 0 Å². The fraction of sp³-hybridized carbons (Fsp3) is 0.286. The minimum absolute atomic E-state index is 0.0918. The molecular formula is C14H15ClFNOS. The number of halogens is 2. The molecule has 2 N–H and O–H groups in total. The van der Waals surface area contributed by atoms with Crippen LogP contribution < -0.4 is 5.32 Å². The Balaban J connectivity index is 2.05. The second-order valence-corrected chi connectivity index (χ2v) is 6.08. The molecule has 2 rings (SSSR count). The minimum atomic E-state index is -0.466. The fourth-order valence-electron chi connectivity index (χ4n) is 1.82. The van der Waals surface area contributed by atoms with Crippen LogP contribution in [0.4, 0.5) is 4.39 Å². The van der Waals surface area contributed by atoms with Gasteiger partial charge in [-0.05, 0) is 36.8 Å². The zero-order valence-electron chi connectivity index (χ0n) is 10.5. The summed E-state index contributed by atoms with van der Waals surface area (Å²) in [6, 6.07) is 8.39. The van der Waals surface area contributed by atoms with Crippen LogP contribution in [0.15, 0.2) is 30.3 Å². The molecule has 1 aromatic carbocycles. The molecule has 0 saturated heterocycles. The lowest BCUT2D eigenvalue weighted by molar-refractivity contribution is 0.243. The third-order valence-corrected chi connectivity index (χ3v) is 4.15. The molecule has 0 spiro atoms. The lowest BCUT2D eigenvalue weighted by Crippen LogP contribution is -2.23. The van der Waals surface area contributed by atoms with Gasteiger partial charge in [0, 0.05) is 16.3 Å². The van der Waals surface area contributed by atoms with Crippen molar-refractivity contribution in [2.75, 3.05) is 6.61 Å². The Morgan fingerprint density at radius 2 is 2.16 bits per heavy atom. The van der Waals surface area contributed by atoms with E-state index < -0.39 is 5.82 Å². The molecule has 1 atom stereocenters. The van der Waals surface area contributed by atoms with Gasteiger partial charge in [0.15, 0.2) is 0 Å². The van der Waals surface area contributed by atoms with E-state index in [2.05, 4.69) is 11.4 Å². The van der Waals surface area contributed by atoms with Crippen molar-refractivity contribution in [2.45, 2.75) is 19.5 Å². The van der Waals surface area contributed by atoms with Crippen LogP contribution in [0.5, 0.6) is 0 Å². The van der Waals surface area contributed by atoms with Gasteiger partial charge in [-0.1, -0.05) is 17.7 Å². The number of aryl methyl sites for hydroxylation is 1. The maximum Gasteiger partial charge on any atom is 0.142 e. The number of aliphatic hydroxyl groups excluding tert-OH is 1. The highest BCUT2D eigenvalue weighted by Crippen LogP contribution is 2.21. The lowest BCUT2D eigenvalue weighted by atomic mass is 10.1. The van der Waals surface area contributed by atoms with Gasteiger partial charge in [-0.15, -0.1) is 11.3 Å². The summed E-state index contributed by atoms with van der Waals surface area (Å²) in [5.74, 6) is -0.466. The summed E-state index contributed by atoms with van der Waals surface area (Å²) in [6.45, 7) is 2.60. The van der Waals surface area contributed by atoms with Crippen LogP contribution in [0.1, 0.15) is 21.4 Å². The van der Waals surface area contributed by atoms with Crippen molar-refractivity contribution in [1.82, 2.24) is 5.32 Å². The van der Waals surface area contributed by atoms with Crippen LogP contribution in [0.3, 0.4) is 0 Å². The SMILES string of the molecule is Cc1ccc(CNC(CO)c2ccc(Cl)c(F)c2)s1. The molecular weight excluding hydrogens is 285 g/mol. The van der Waals surface area contributed by atoms with E-state index in [4.69, 9.17) is 11.6 Å². The first-order valence-electron chi connectivity index (χ1n) is 5.94. The fourth-order valence-corrected chi connectivity index (χ4v) is 2.78. The van der Waals surface area contributed by atoms with Crippen molar-refractivity contribution in [2.24, 2.45) is 0 Å². The quantitative estimate of drug-likeness (QED) is 0.883. The topological polar surface area (TPSA) is 32.3 Å². The molecule has 0 saturated carbocycles. The number of nitrogens with one attached hydrogen (secondary N) is 1. The van der Waals surface area contributed by atoms with Gasteiger partial charge in [-0.25, -0.2) is 4.39 Å². The molecule has 0 radical (unpaired) electrons. The second-order valence-electron chi connectivity index (χ2n) is 4.30. The lowest BCUT2D eigenvalue weighted by Gasteiger charge is -2.16. The van der Waals surface area contributed by atoms with E-state index in [-0.39, 0.29) is 17.7 Å². The number of thiophene rings is 1. The summed E-state index contributed by atoms with van der Waals surface area (Å²) < 4.78 is 13.4. The highest BCUT2D eigenvalue weighted by molar-refractivity contribution is 7.11. The maximum absolute atomic E-state index is 13.4. The molecule has 0 aliphatic carbocycles. The Bertz CT molecular complexity index is 558. The number of hydrogen-bond donors (Lipinski definition) is 2. The molecule has 1 unspecified atom stereocenters. The highest BCUT2D eigenvalue weighted by Gasteiger charge is 2.12. The number of aliphatic hydroxyl groups is 1. The van der Waals surface area contributed by atoms with E-state index in [9.17, 15) is 9.50 Å². The molecule has 2 nitrogen and oxygen atoms in total. The van der Waals surface area contributed by atoms with Gasteiger partial charge < -0.3 is 10.4 Å². The molecule has 1 heterocycles. The second kappa shape index (κ2) is 6.48. The average molecular weight is 300 g/mol. The number of benzene rings is 1. The Hall–Kier alpha value is -0.940. The summed E-state index contributed by atoms with van der Waals surface area (Å²) in [5.41, 5.74) is 0.692. The largest absolute Gasteiger partial charge is 0.394 e. The Morgan fingerprint density at radius 1 is 1.37 bits per heavy atom. The molecule has 0 amide bonds. The number of hydrogen-bond acceptors (Lipinski definition) is 3. The molecule has 0 aliphatic rings. The Labute approximate surface area is 120 Å². The molecule has 0 aliphatic heterocycles. The minimum Gasteiger partial charge on any atom is -0.394 e. The summed E-state index contributed by atoms with van der Waals surface area (Å²) in [6.07, 6.45) is 0. The smallest absolute Gasteiger partial charge is 0.142 e. The van der Waals surface area contributed by atoms with Crippen LogP contribution in [-0.4, -0.2) is 11.7 Å². The maximum atomic E-state index is 13.4. The van der Waals surface area contributed by atoms with E-state index in [1.807, 2.05) is 13.0 Å². The summed E-state index contributed by atoms with van der Waals surface area (Å²) in [5, 5.41) is 12.7. The summed E-state index contributed by atoms with van der Waals surface area (Å²) in [4.78, 5) is 2.43. The predicted octanol–water partition coefficient (Wildman–Crippen LogP) is 3.67. The van der Waals surface area contributed by atoms with E-state index in [0.29, 0.717) is 12.1 Å². The van der Waals surface area contributed by atoms with Gasteiger partial charge in [-0.2, -0.15) is 0 Å². The number of rotatable bonds is 5. The van der Waals surface area contributed by atoms with Crippen molar-refractivity contribution in [1.29, 1.82) is 0 Å². The molecule has 5 heteroatoms. The molecule has 0 fully saturated rings. The first kappa shape index (κ1) is 14.5. The first-order chi connectivity index (χ1) is 9.10. The van der Waals surface area contributed by atoms with Gasteiger partial charge in [0.25, 0.3) is 0 Å². The van der Waals surface area contributed by atoms with Crippen LogP contribution in [0, 0.1) is 12.7 Å². The molecule has 2 aromatic rings. The first-order valence-corrected chi connectivity index (χ1v) is 7.14. The Morgan fingerprint density at radius 3 is 2.74 bits per heavy atom. The van der Waals surface area contributed by atoms with Gasteiger partial charge in [-0.3, -0.25) is 0 Å². The van der Waals surface area contributed by atoms with Crippen LogP contribution >= 0.6 is 22.9 Å². The molecule has 1 aromatic heterocycles. The summed E-state index contributed by atoms with van der Waals surface area (Å²) >= 11 is 7.35. The van der Waals surface area contributed by atoms with Crippen LogP contribution in [-0.2, 0) is 6.54 Å². The molecule has 102 valence electrons. The third-order valence-electron chi connectivity index (χ3n) is 2.85. The van der Waals surface area contributed by atoms with E-state index >= 15 is 0 Å². The highest BCUT2D eigenvalue weighted by atomic mass is 35.5.